The molecule has 1 unspecified atom stereocenters. The fourth-order valence-electron chi connectivity index (χ4n) is 4.93. The molecule has 47 heavy (non-hydrogen) atoms. The van der Waals surface area contributed by atoms with E-state index in [1.165, 1.54) is 0 Å². The second-order valence-electron chi connectivity index (χ2n) is 12.0. The van der Waals surface area contributed by atoms with Gasteiger partial charge >= 0.3 is 12.1 Å². The third kappa shape index (κ3) is 9.59. The van der Waals surface area contributed by atoms with E-state index in [4.69, 9.17) is 25.8 Å². The van der Waals surface area contributed by atoms with Crippen LogP contribution in [0, 0.1) is 0 Å². The monoisotopic (exact) mass is 656 g/mol. The maximum atomic E-state index is 13.8. The smallest absolute Gasteiger partial charge is 0.408 e. The molecule has 0 heterocycles. The van der Waals surface area contributed by atoms with E-state index in [0.717, 1.165) is 16.7 Å². The molecule has 0 bridgehead atoms. The SMILES string of the molecule is CCOC(=O)C(CC)NC(=O)c1ccc(-c2ccccc2)cc1-c1ccc(Cl)cc1Oc1cccc([C@H](C)NC(=O)OC(C)(C)C)c1. The van der Waals surface area contributed by atoms with Gasteiger partial charge in [-0.25, -0.2) is 9.59 Å². The van der Waals surface area contributed by atoms with Gasteiger partial charge in [0, 0.05) is 22.2 Å². The number of carbonyl (C=O) groups is 3. The van der Waals surface area contributed by atoms with Crippen molar-refractivity contribution in [1.82, 2.24) is 10.6 Å². The molecule has 8 nitrogen and oxygen atoms in total. The average molecular weight is 657 g/mol. The molecule has 4 rings (SSSR count). The Bertz CT molecular complexity index is 1720. The second kappa shape index (κ2) is 15.6. The van der Waals surface area contributed by atoms with Gasteiger partial charge in [0.05, 0.1) is 12.6 Å². The summed E-state index contributed by atoms with van der Waals surface area (Å²) < 4.78 is 17.0. The number of rotatable bonds is 11. The number of carbonyl (C=O) groups excluding carboxylic acids is 3. The third-order valence-electron chi connectivity index (χ3n) is 7.21. The minimum atomic E-state index is -0.802. The van der Waals surface area contributed by atoms with E-state index in [-0.39, 0.29) is 12.6 Å². The Morgan fingerprint density at radius 2 is 1.55 bits per heavy atom. The predicted molar refractivity (Wildman–Crippen MR) is 185 cm³/mol. The van der Waals surface area contributed by atoms with Gasteiger partial charge < -0.3 is 24.8 Å². The number of hydrogen-bond acceptors (Lipinski definition) is 6. The molecule has 0 saturated heterocycles. The molecule has 0 aliphatic carbocycles. The van der Waals surface area contributed by atoms with E-state index >= 15 is 0 Å². The van der Waals surface area contributed by atoms with Gasteiger partial charge in [-0.1, -0.05) is 67.1 Å². The standard InChI is InChI=1S/C38H41ClN2O6/c1-7-33(36(43)45-8-2)41-35(42)31-19-17-27(25-13-10-9-11-14-25)22-32(31)30-20-18-28(39)23-34(30)46-29-16-12-15-26(21-29)24(3)40-37(44)47-38(4,5)6/h9-24,33H,7-8H2,1-6H3,(H,40,44)(H,41,42)/t24-,33?/m0/s1. The summed E-state index contributed by atoms with van der Waals surface area (Å²) >= 11 is 6.47. The molecule has 4 aromatic carbocycles. The predicted octanol–water partition coefficient (Wildman–Crippen LogP) is 9.12. The lowest BCUT2D eigenvalue weighted by Gasteiger charge is -2.22. The second-order valence-corrected chi connectivity index (χ2v) is 12.4. The molecule has 4 aromatic rings. The van der Waals surface area contributed by atoms with Gasteiger partial charge in [-0.05, 0) is 99.7 Å². The molecular weight excluding hydrogens is 616 g/mol. The topological polar surface area (TPSA) is 103 Å². The summed E-state index contributed by atoms with van der Waals surface area (Å²) in [6, 6.07) is 26.8. The van der Waals surface area contributed by atoms with E-state index in [1.807, 2.05) is 74.5 Å². The van der Waals surface area contributed by atoms with Crippen LogP contribution in [0.2, 0.25) is 5.02 Å². The molecule has 2 atom stereocenters. The summed E-state index contributed by atoms with van der Waals surface area (Å²) in [5.41, 5.74) is 3.59. The first-order chi connectivity index (χ1) is 22.4. The molecule has 2 amide bonds. The van der Waals surface area contributed by atoms with Crippen LogP contribution in [0.3, 0.4) is 0 Å². The van der Waals surface area contributed by atoms with Crippen LogP contribution in [0.1, 0.15) is 69.9 Å². The van der Waals surface area contributed by atoms with Crippen molar-refractivity contribution in [2.45, 2.75) is 65.6 Å². The first-order valence-electron chi connectivity index (χ1n) is 15.6. The van der Waals surface area contributed by atoms with Crippen LogP contribution < -0.4 is 15.4 Å². The Morgan fingerprint density at radius 3 is 2.23 bits per heavy atom. The number of halogens is 1. The number of benzene rings is 4. The Morgan fingerprint density at radius 1 is 0.809 bits per heavy atom. The van der Waals surface area contributed by atoms with Gasteiger partial charge in [-0.3, -0.25) is 4.79 Å². The van der Waals surface area contributed by atoms with E-state index < -0.39 is 29.6 Å². The highest BCUT2D eigenvalue weighted by atomic mass is 35.5. The summed E-state index contributed by atoms with van der Waals surface area (Å²) in [6.07, 6.45) is -0.152. The zero-order chi connectivity index (χ0) is 34.1. The highest BCUT2D eigenvalue weighted by Crippen LogP contribution is 2.39. The molecule has 0 saturated carbocycles. The van der Waals surface area contributed by atoms with Crippen LogP contribution in [0.4, 0.5) is 4.79 Å². The number of esters is 1. The molecule has 9 heteroatoms. The van der Waals surface area contributed by atoms with Crippen molar-refractivity contribution in [2.75, 3.05) is 6.61 Å². The number of ether oxygens (including phenoxy) is 3. The van der Waals surface area contributed by atoms with Crippen molar-refractivity contribution in [3.63, 3.8) is 0 Å². The largest absolute Gasteiger partial charge is 0.464 e. The quantitative estimate of drug-likeness (QED) is 0.156. The van der Waals surface area contributed by atoms with Gasteiger partial charge in [-0.15, -0.1) is 0 Å². The Balaban J connectivity index is 1.74. The maximum absolute atomic E-state index is 13.8. The van der Waals surface area contributed by atoms with Crippen molar-refractivity contribution >= 4 is 29.6 Å². The zero-order valence-corrected chi connectivity index (χ0v) is 28.3. The van der Waals surface area contributed by atoms with Crippen LogP contribution in [0.25, 0.3) is 22.3 Å². The Kier molecular flexibility index (Phi) is 11.7. The molecule has 0 radical (unpaired) electrons. The van der Waals surface area contributed by atoms with Gasteiger partial charge in [0.25, 0.3) is 5.91 Å². The summed E-state index contributed by atoms with van der Waals surface area (Å²) in [6.45, 7) is 11.0. The van der Waals surface area contributed by atoms with Crippen LogP contribution in [0.15, 0.2) is 91.0 Å². The fourth-order valence-corrected chi connectivity index (χ4v) is 5.09. The molecule has 246 valence electrons. The minimum Gasteiger partial charge on any atom is -0.464 e. The summed E-state index contributed by atoms with van der Waals surface area (Å²) in [7, 11) is 0. The molecule has 0 aliphatic heterocycles. The number of alkyl carbamates (subject to hydrolysis) is 1. The van der Waals surface area contributed by atoms with Crippen molar-refractivity contribution < 1.29 is 28.6 Å². The summed E-state index contributed by atoms with van der Waals surface area (Å²) in [5, 5.41) is 6.14. The Hall–Kier alpha value is -4.82. The van der Waals surface area contributed by atoms with E-state index in [2.05, 4.69) is 10.6 Å². The maximum Gasteiger partial charge on any atom is 0.408 e. The van der Waals surface area contributed by atoms with Gasteiger partial charge in [0.15, 0.2) is 0 Å². The highest BCUT2D eigenvalue weighted by molar-refractivity contribution is 6.30. The molecule has 0 spiro atoms. The first-order valence-corrected chi connectivity index (χ1v) is 16.0. The van der Waals surface area contributed by atoms with Crippen LogP contribution in [-0.2, 0) is 14.3 Å². The highest BCUT2D eigenvalue weighted by Gasteiger charge is 2.24. The molecule has 0 aromatic heterocycles. The Labute approximate surface area is 281 Å². The normalized spacial score (nSPS) is 12.4. The summed E-state index contributed by atoms with van der Waals surface area (Å²) in [5.74, 6) is 0.00238. The van der Waals surface area contributed by atoms with Crippen molar-refractivity contribution in [3.05, 3.63) is 107 Å². The lowest BCUT2D eigenvalue weighted by atomic mass is 9.93. The minimum absolute atomic E-state index is 0.213. The zero-order valence-electron chi connectivity index (χ0n) is 27.6. The van der Waals surface area contributed by atoms with Gasteiger partial charge in [-0.2, -0.15) is 0 Å². The lowest BCUT2D eigenvalue weighted by Crippen LogP contribution is -2.41. The van der Waals surface area contributed by atoms with Crippen LogP contribution >= 0.6 is 11.6 Å². The van der Waals surface area contributed by atoms with E-state index in [9.17, 15) is 14.4 Å². The van der Waals surface area contributed by atoms with Crippen molar-refractivity contribution in [3.8, 4) is 33.8 Å². The fraction of sp³-hybridized carbons (Fsp3) is 0.289. The number of hydrogen-bond donors (Lipinski definition) is 2. The van der Waals surface area contributed by atoms with Crippen molar-refractivity contribution in [1.29, 1.82) is 0 Å². The van der Waals surface area contributed by atoms with Gasteiger partial charge in [0.1, 0.15) is 23.1 Å². The van der Waals surface area contributed by atoms with E-state index in [1.54, 1.807) is 58.0 Å². The molecular formula is C38H41ClN2O6. The number of nitrogens with one attached hydrogen (secondary N) is 2. The molecule has 0 aliphatic rings. The number of amides is 2. The first kappa shape index (κ1) is 35.0. The van der Waals surface area contributed by atoms with Crippen molar-refractivity contribution in [2.24, 2.45) is 0 Å². The van der Waals surface area contributed by atoms with E-state index in [0.29, 0.717) is 39.6 Å². The van der Waals surface area contributed by atoms with Gasteiger partial charge in [0.2, 0.25) is 0 Å². The third-order valence-corrected chi connectivity index (χ3v) is 7.44. The van der Waals surface area contributed by atoms with Crippen LogP contribution in [0.5, 0.6) is 11.5 Å². The summed E-state index contributed by atoms with van der Waals surface area (Å²) in [4.78, 5) is 38.7. The van der Waals surface area contributed by atoms with Crippen LogP contribution in [-0.4, -0.2) is 36.2 Å². The lowest BCUT2D eigenvalue weighted by molar-refractivity contribution is -0.145. The average Bonchev–Trinajstić information content (AvgIpc) is 3.03. The molecule has 0 fully saturated rings. The molecule has 2 N–H and O–H groups in total.